The largest absolute Gasteiger partial charge is 0.366 e. The minimum Gasteiger partial charge on any atom is -0.366 e. The Balaban J connectivity index is 2.05. The summed E-state index contributed by atoms with van der Waals surface area (Å²) >= 11 is 0. The Morgan fingerprint density at radius 1 is 1.26 bits per heavy atom. The third-order valence-electron chi connectivity index (χ3n) is 3.27. The van der Waals surface area contributed by atoms with Crippen molar-refractivity contribution >= 4 is 5.82 Å². The molecule has 0 aliphatic heterocycles. The van der Waals surface area contributed by atoms with Crippen LogP contribution >= 0.6 is 0 Å². The number of hydrogen-bond acceptors (Lipinski definition) is 3. The van der Waals surface area contributed by atoms with E-state index in [-0.39, 0.29) is 6.04 Å². The molecule has 3 N–H and O–H groups in total. The van der Waals surface area contributed by atoms with E-state index in [1.807, 2.05) is 24.4 Å². The third-order valence-corrected chi connectivity index (χ3v) is 3.27. The minimum atomic E-state index is 0.0781. The predicted octanol–water partition coefficient (Wildman–Crippen LogP) is 3.41. The van der Waals surface area contributed by atoms with Crippen LogP contribution in [0.3, 0.4) is 0 Å². The summed E-state index contributed by atoms with van der Waals surface area (Å²) in [6.45, 7) is 4.93. The van der Waals surface area contributed by atoms with Gasteiger partial charge in [-0.25, -0.2) is 4.98 Å². The molecule has 1 aromatic heterocycles. The molecule has 100 valence electrons. The van der Waals surface area contributed by atoms with Crippen LogP contribution in [0.4, 0.5) is 5.82 Å². The Labute approximate surface area is 114 Å². The third kappa shape index (κ3) is 3.55. The molecule has 3 nitrogen and oxygen atoms in total. The second kappa shape index (κ2) is 6.34. The van der Waals surface area contributed by atoms with Crippen molar-refractivity contribution in [1.82, 2.24) is 4.98 Å². The van der Waals surface area contributed by atoms with Crippen molar-refractivity contribution in [2.75, 3.05) is 5.32 Å². The highest BCUT2D eigenvalue weighted by Gasteiger charge is 2.06. The quantitative estimate of drug-likeness (QED) is 0.860. The maximum absolute atomic E-state index is 6.02. The van der Waals surface area contributed by atoms with Crippen molar-refractivity contribution in [3.05, 3.63) is 59.3 Å². The molecular formula is C16H21N3. The van der Waals surface area contributed by atoms with Crippen LogP contribution < -0.4 is 11.1 Å². The molecule has 2 rings (SSSR count). The average Bonchev–Trinajstić information content (AvgIpc) is 2.46. The van der Waals surface area contributed by atoms with Crippen molar-refractivity contribution in [3.63, 3.8) is 0 Å². The number of aryl methyl sites for hydroxylation is 1. The zero-order chi connectivity index (χ0) is 13.7. The summed E-state index contributed by atoms with van der Waals surface area (Å²) < 4.78 is 0. The van der Waals surface area contributed by atoms with E-state index in [1.165, 1.54) is 5.56 Å². The van der Waals surface area contributed by atoms with E-state index >= 15 is 0 Å². The van der Waals surface area contributed by atoms with Crippen molar-refractivity contribution in [2.45, 2.75) is 32.9 Å². The zero-order valence-corrected chi connectivity index (χ0v) is 11.6. The summed E-state index contributed by atoms with van der Waals surface area (Å²) in [5, 5.41) is 3.36. The van der Waals surface area contributed by atoms with Gasteiger partial charge in [0.2, 0.25) is 0 Å². The second-order valence-corrected chi connectivity index (χ2v) is 4.79. The summed E-state index contributed by atoms with van der Waals surface area (Å²) in [6.07, 6.45) is 2.80. The maximum Gasteiger partial charge on any atom is 0.129 e. The van der Waals surface area contributed by atoms with Gasteiger partial charge in [0.1, 0.15) is 5.82 Å². The molecule has 0 bridgehead atoms. The fourth-order valence-corrected chi connectivity index (χ4v) is 2.00. The minimum absolute atomic E-state index is 0.0781. The molecule has 1 unspecified atom stereocenters. The van der Waals surface area contributed by atoms with Gasteiger partial charge in [0, 0.05) is 18.8 Å². The predicted molar refractivity (Wildman–Crippen MR) is 80.0 cm³/mol. The fraction of sp³-hybridized carbons (Fsp3) is 0.312. The smallest absolute Gasteiger partial charge is 0.129 e. The van der Waals surface area contributed by atoms with Gasteiger partial charge in [0.15, 0.2) is 0 Å². The Kier molecular flexibility index (Phi) is 4.53. The van der Waals surface area contributed by atoms with Crippen molar-refractivity contribution in [1.29, 1.82) is 0 Å². The number of aromatic nitrogens is 1. The summed E-state index contributed by atoms with van der Waals surface area (Å²) in [5.41, 5.74) is 9.50. The molecule has 0 aliphatic carbocycles. The molecule has 3 heteroatoms. The Morgan fingerprint density at radius 2 is 2.00 bits per heavy atom. The van der Waals surface area contributed by atoms with Gasteiger partial charge in [-0.3, -0.25) is 0 Å². The first kappa shape index (κ1) is 13.6. The van der Waals surface area contributed by atoms with Crippen LogP contribution in [0.25, 0.3) is 0 Å². The van der Waals surface area contributed by atoms with Gasteiger partial charge in [-0.2, -0.15) is 0 Å². The summed E-state index contributed by atoms with van der Waals surface area (Å²) in [6, 6.07) is 12.5. The van der Waals surface area contributed by atoms with Crippen LogP contribution in [-0.4, -0.2) is 4.98 Å². The fourth-order valence-electron chi connectivity index (χ4n) is 2.00. The van der Waals surface area contributed by atoms with Gasteiger partial charge < -0.3 is 11.1 Å². The first-order valence-corrected chi connectivity index (χ1v) is 6.70. The lowest BCUT2D eigenvalue weighted by Crippen LogP contribution is -2.10. The molecular weight excluding hydrogens is 234 g/mol. The molecule has 0 spiro atoms. The molecule has 0 amide bonds. The molecule has 0 saturated carbocycles. The van der Waals surface area contributed by atoms with Gasteiger partial charge in [-0.05, 0) is 36.1 Å². The molecule has 1 aromatic carbocycles. The molecule has 1 atom stereocenters. The number of rotatable bonds is 5. The highest BCUT2D eigenvalue weighted by Crippen LogP contribution is 2.19. The topological polar surface area (TPSA) is 50.9 Å². The van der Waals surface area contributed by atoms with Gasteiger partial charge in [-0.15, -0.1) is 0 Å². The highest BCUT2D eigenvalue weighted by atomic mass is 15.0. The van der Waals surface area contributed by atoms with E-state index in [1.54, 1.807) is 0 Å². The first-order chi connectivity index (χ1) is 9.20. The molecule has 0 radical (unpaired) electrons. The second-order valence-electron chi connectivity index (χ2n) is 4.79. The van der Waals surface area contributed by atoms with Crippen molar-refractivity contribution in [3.8, 4) is 0 Å². The Morgan fingerprint density at radius 3 is 2.63 bits per heavy atom. The van der Waals surface area contributed by atoms with Crippen LogP contribution in [0.1, 0.15) is 36.1 Å². The average molecular weight is 255 g/mol. The molecule has 0 fully saturated rings. The van der Waals surface area contributed by atoms with Gasteiger partial charge in [-0.1, -0.05) is 37.3 Å². The Bertz CT molecular complexity index is 523. The van der Waals surface area contributed by atoms with E-state index in [4.69, 9.17) is 5.73 Å². The van der Waals surface area contributed by atoms with E-state index in [0.29, 0.717) is 0 Å². The molecule has 0 saturated heterocycles. The number of pyridine rings is 1. The SMILES string of the molecule is CCC(N)c1cnc(NCc2ccccc2)c(C)c1. The molecule has 1 heterocycles. The van der Waals surface area contributed by atoms with E-state index in [0.717, 1.165) is 29.9 Å². The van der Waals surface area contributed by atoms with Crippen LogP contribution in [0, 0.1) is 6.92 Å². The van der Waals surface area contributed by atoms with Crippen LogP contribution in [0.15, 0.2) is 42.6 Å². The van der Waals surface area contributed by atoms with Gasteiger partial charge >= 0.3 is 0 Å². The van der Waals surface area contributed by atoms with E-state index < -0.39 is 0 Å². The number of hydrogen-bond donors (Lipinski definition) is 2. The molecule has 0 aliphatic rings. The zero-order valence-electron chi connectivity index (χ0n) is 11.6. The normalized spacial score (nSPS) is 12.2. The lowest BCUT2D eigenvalue weighted by Gasteiger charge is -2.13. The number of benzene rings is 1. The highest BCUT2D eigenvalue weighted by molar-refractivity contribution is 5.45. The summed E-state index contributed by atoms with van der Waals surface area (Å²) in [4.78, 5) is 4.47. The van der Waals surface area contributed by atoms with Crippen LogP contribution in [0.5, 0.6) is 0 Å². The van der Waals surface area contributed by atoms with E-state index in [9.17, 15) is 0 Å². The monoisotopic (exact) mass is 255 g/mol. The van der Waals surface area contributed by atoms with Crippen molar-refractivity contribution in [2.24, 2.45) is 5.73 Å². The Hall–Kier alpha value is -1.87. The maximum atomic E-state index is 6.02. The van der Waals surface area contributed by atoms with Crippen LogP contribution in [0.2, 0.25) is 0 Å². The van der Waals surface area contributed by atoms with Crippen molar-refractivity contribution < 1.29 is 0 Å². The van der Waals surface area contributed by atoms with Gasteiger partial charge in [0.05, 0.1) is 0 Å². The number of anilines is 1. The standard InChI is InChI=1S/C16H21N3/c1-3-15(17)14-9-12(2)16(19-11-14)18-10-13-7-5-4-6-8-13/h4-9,11,15H,3,10,17H2,1-2H3,(H,18,19). The number of nitrogens with one attached hydrogen (secondary N) is 1. The number of nitrogens with zero attached hydrogens (tertiary/aromatic N) is 1. The van der Waals surface area contributed by atoms with E-state index in [2.05, 4.69) is 42.3 Å². The molecule has 2 aromatic rings. The van der Waals surface area contributed by atoms with Gasteiger partial charge in [0.25, 0.3) is 0 Å². The summed E-state index contributed by atoms with van der Waals surface area (Å²) in [5.74, 6) is 0.927. The molecule has 19 heavy (non-hydrogen) atoms. The number of nitrogens with two attached hydrogens (primary N) is 1. The summed E-state index contributed by atoms with van der Waals surface area (Å²) in [7, 11) is 0. The first-order valence-electron chi connectivity index (χ1n) is 6.70. The van der Waals surface area contributed by atoms with Crippen LogP contribution in [-0.2, 0) is 6.54 Å². The lowest BCUT2D eigenvalue weighted by atomic mass is 10.1. The lowest BCUT2D eigenvalue weighted by molar-refractivity contribution is 0.694.